The summed E-state index contributed by atoms with van der Waals surface area (Å²) in [5.41, 5.74) is 3.81. The molecule has 0 atom stereocenters. The zero-order valence-corrected chi connectivity index (χ0v) is 15.1. The molecule has 0 radical (unpaired) electrons. The number of imidazole rings is 1. The van der Waals surface area contributed by atoms with Crippen molar-refractivity contribution in [2.24, 2.45) is 0 Å². The van der Waals surface area contributed by atoms with Crippen molar-refractivity contribution in [2.75, 3.05) is 11.9 Å². The molecule has 10 nitrogen and oxygen atoms in total. The standard InChI is InChI=1S/C18H21N7O3/c26-14(24-28)7-4-8-19-15(27)10-25-12-23-16-17(21-11-22-18(16)25)20-9-13-5-2-1-3-6-13/h1-3,5-6,11-12,28H,4,7-10H2,(H,19,27)(H,24,26)(H,20,21,22). The molecule has 10 heteroatoms. The maximum Gasteiger partial charge on any atom is 0.243 e. The van der Waals surface area contributed by atoms with E-state index in [1.165, 1.54) is 6.33 Å². The van der Waals surface area contributed by atoms with Crippen LogP contribution in [0.5, 0.6) is 0 Å². The maximum atomic E-state index is 12.1. The maximum absolute atomic E-state index is 12.1. The number of aromatic nitrogens is 4. The molecule has 0 aliphatic heterocycles. The Labute approximate surface area is 161 Å². The van der Waals surface area contributed by atoms with Crippen LogP contribution in [0.2, 0.25) is 0 Å². The minimum atomic E-state index is -0.484. The third-order valence-electron chi connectivity index (χ3n) is 4.05. The highest BCUT2D eigenvalue weighted by molar-refractivity contribution is 5.84. The van der Waals surface area contributed by atoms with Gasteiger partial charge in [-0.15, -0.1) is 0 Å². The van der Waals surface area contributed by atoms with E-state index >= 15 is 0 Å². The fourth-order valence-corrected chi connectivity index (χ4v) is 2.65. The Balaban J connectivity index is 1.59. The van der Waals surface area contributed by atoms with Crippen molar-refractivity contribution >= 4 is 28.8 Å². The lowest BCUT2D eigenvalue weighted by Crippen LogP contribution is -2.29. The van der Waals surface area contributed by atoms with Crippen LogP contribution < -0.4 is 16.1 Å². The van der Waals surface area contributed by atoms with Gasteiger partial charge in [-0.05, 0) is 12.0 Å². The molecule has 2 heterocycles. The molecule has 0 aliphatic carbocycles. The van der Waals surface area contributed by atoms with Crippen molar-refractivity contribution in [1.29, 1.82) is 0 Å². The van der Waals surface area contributed by atoms with Gasteiger partial charge in [-0.2, -0.15) is 0 Å². The van der Waals surface area contributed by atoms with E-state index < -0.39 is 5.91 Å². The highest BCUT2D eigenvalue weighted by Crippen LogP contribution is 2.18. The van der Waals surface area contributed by atoms with Crippen LogP contribution in [-0.2, 0) is 22.7 Å². The molecule has 4 N–H and O–H groups in total. The van der Waals surface area contributed by atoms with E-state index in [0.717, 1.165) is 5.56 Å². The Kier molecular flexibility index (Phi) is 6.47. The van der Waals surface area contributed by atoms with Crippen LogP contribution in [0.4, 0.5) is 5.82 Å². The molecule has 0 spiro atoms. The van der Waals surface area contributed by atoms with Gasteiger partial charge in [0.2, 0.25) is 11.8 Å². The van der Waals surface area contributed by atoms with Crippen LogP contribution in [0.1, 0.15) is 18.4 Å². The zero-order chi connectivity index (χ0) is 19.8. The van der Waals surface area contributed by atoms with Gasteiger partial charge in [-0.3, -0.25) is 14.8 Å². The van der Waals surface area contributed by atoms with E-state index in [2.05, 4.69) is 25.6 Å². The summed E-state index contributed by atoms with van der Waals surface area (Å²) in [5, 5.41) is 14.4. The van der Waals surface area contributed by atoms with Gasteiger partial charge < -0.3 is 15.2 Å². The molecule has 28 heavy (non-hydrogen) atoms. The number of hydrogen-bond acceptors (Lipinski definition) is 7. The van der Waals surface area contributed by atoms with Crippen LogP contribution in [0.15, 0.2) is 43.0 Å². The number of hydrogen-bond donors (Lipinski definition) is 4. The predicted molar refractivity (Wildman–Crippen MR) is 101 cm³/mol. The molecule has 0 saturated carbocycles. The third-order valence-corrected chi connectivity index (χ3v) is 4.05. The molecule has 0 saturated heterocycles. The Morgan fingerprint density at radius 2 is 1.89 bits per heavy atom. The quantitative estimate of drug-likeness (QED) is 0.244. The number of rotatable bonds is 9. The van der Waals surface area contributed by atoms with Crippen LogP contribution in [0.25, 0.3) is 11.2 Å². The molecule has 0 fully saturated rings. The Morgan fingerprint density at radius 3 is 2.68 bits per heavy atom. The number of hydroxylamine groups is 1. The first-order valence-electron chi connectivity index (χ1n) is 8.80. The monoisotopic (exact) mass is 383 g/mol. The largest absolute Gasteiger partial charge is 0.364 e. The fraction of sp³-hybridized carbons (Fsp3) is 0.278. The number of nitrogens with zero attached hydrogens (tertiary/aromatic N) is 4. The van der Waals surface area contributed by atoms with Gasteiger partial charge in [0.15, 0.2) is 11.5 Å². The second-order valence-electron chi connectivity index (χ2n) is 6.09. The summed E-state index contributed by atoms with van der Waals surface area (Å²) in [5.74, 6) is -0.105. The highest BCUT2D eigenvalue weighted by atomic mass is 16.5. The van der Waals surface area contributed by atoms with Crippen LogP contribution in [-0.4, -0.2) is 43.1 Å². The van der Waals surface area contributed by atoms with E-state index in [1.54, 1.807) is 16.4 Å². The van der Waals surface area contributed by atoms with Crippen LogP contribution in [0.3, 0.4) is 0 Å². The van der Waals surface area contributed by atoms with Gasteiger partial charge >= 0.3 is 0 Å². The fourth-order valence-electron chi connectivity index (χ4n) is 2.65. The molecule has 2 amide bonds. The van der Waals surface area contributed by atoms with E-state index in [-0.39, 0.29) is 18.9 Å². The highest BCUT2D eigenvalue weighted by Gasteiger charge is 2.12. The minimum absolute atomic E-state index is 0.0534. The van der Waals surface area contributed by atoms with Gasteiger partial charge in [0.05, 0.1) is 6.33 Å². The number of nitrogens with one attached hydrogen (secondary N) is 3. The average Bonchev–Trinajstić information content (AvgIpc) is 3.13. The summed E-state index contributed by atoms with van der Waals surface area (Å²) in [6, 6.07) is 9.92. The number of amides is 2. The number of anilines is 1. The Morgan fingerprint density at radius 1 is 1.07 bits per heavy atom. The van der Waals surface area contributed by atoms with Crippen molar-refractivity contribution in [1.82, 2.24) is 30.3 Å². The Bertz CT molecular complexity index is 943. The van der Waals surface area contributed by atoms with Gasteiger partial charge in [-0.25, -0.2) is 20.4 Å². The van der Waals surface area contributed by atoms with Crippen molar-refractivity contribution in [3.8, 4) is 0 Å². The summed E-state index contributed by atoms with van der Waals surface area (Å²) in [4.78, 5) is 35.8. The molecular formula is C18H21N7O3. The second kappa shape index (κ2) is 9.42. The van der Waals surface area contributed by atoms with Crippen molar-refractivity contribution < 1.29 is 14.8 Å². The summed E-state index contributed by atoms with van der Waals surface area (Å²) < 4.78 is 1.64. The lowest BCUT2D eigenvalue weighted by Gasteiger charge is -2.07. The first-order chi connectivity index (χ1) is 13.7. The van der Waals surface area contributed by atoms with Gasteiger partial charge in [0, 0.05) is 19.5 Å². The normalized spacial score (nSPS) is 10.6. The second-order valence-corrected chi connectivity index (χ2v) is 6.09. The summed E-state index contributed by atoms with van der Waals surface area (Å²) >= 11 is 0. The van der Waals surface area contributed by atoms with Crippen molar-refractivity contribution in [3.63, 3.8) is 0 Å². The molecular weight excluding hydrogens is 362 g/mol. The number of carbonyl (C=O) groups excluding carboxylic acids is 2. The van der Waals surface area contributed by atoms with E-state index in [1.807, 2.05) is 30.3 Å². The molecule has 3 rings (SSSR count). The lowest BCUT2D eigenvalue weighted by molar-refractivity contribution is -0.129. The predicted octanol–water partition coefficient (Wildman–Crippen LogP) is 0.840. The lowest BCUT2D eigenvalue weighted by atomic mass is 10.2. The zero-order valence-electron chi connectivity index (χ0n) is 15.1. The van der Waals surface area contributed by atoms with Crippen LogP contribution in [0, 0.1) is 0 Å². The first-order valence-corrected chi connectivity index (χ1v) is 8.80. The Hall–Kier alpha value is -3.53. The molecule has 0 unspecified atom stereocenters. The van der Waals surface area contributed by atoms with E-state index in [9.17, 15) is 9.59 Å². The van der Waals surface area contributed by atoms with Gasteiger partial charge in [0.25, 0.3) is 0 Å². The number of benzene rings is 1. The molecule has 3 aromatic rings. The average molecular weight is 383 g/mol. The SMILES string of the molecule is O=C(CCCNC(=O)Cn1cnc2c(NCc3ccccc3)ncnc21)NO. The van der Waals surface area contributed by atoms with Gasteiger partial charge in [0.1, 0.15) is 18.4 Å². The molecule has 0 aliphatic rings. The smallest absolute Gasteiger partial charge is 0.243 e. The molecule has 0 bridgehead atoms. The third kappa shape index (κ3) is 5.01. The van der Waals surface area contributed by atoms with E-state index in [0.29, 0.717) is 36.5 Å². The van der Waals surface area contributed by atoms with E-state index in [4.69, 9.17) is 5.21 Å². The van der Waals surface area contributed by atoms with Crippen molar-refractivity contribution in [3.05, 3.63) is 48.5 Å². The minimum Gasteiger partial charge on any atom is -0.364 e. The number of fused-ring (bicyclic) bond motifs is 1. The topological polar surface area (TPSA) is 134 Å². The molecule has 146 valence electrons. The summed E-state index contributed by atoms with van der Waals surface area (Å²) in [7, 11) is 0. The number of carbonyl (C=O) groups is 2. The summed E-state index contributed by atoms with van der Waals surface area (Å²) in [6.45, 7) is 0.983. The summed E-state index contributed by atoms with van der Waals surface area (Å²) in [6.07, 6.45) is 3.54. The van der Waals surface area contributed by atoms with Gasteiger partial charge in [-0.1, -0.05) is 30.3 Å². The van der Waals surface area contributed by atoms with Crippen molar-refractivity contribution in [2.45, 2.75) is 25.9 Å². The van der Waals surface area contributed by atoms with Crippen LogP contribution >= 0.6 is 0 Å². The first kappa shape index (κ1) is 19.2. The molecule has 2 aromatic heterocycles. The molecule has 1 aromatic carbocycles.